The van der Waals surface area contributed by atoms with E-state index in [4.69, 9.17) is 68.5 Å². The van der Waals surface area contributed by atoms with Crippen LogP contribution in [0.3, 0.4) is 0 Å². The number of rotatable bonds is 25. The monoisotopic (exact) mass is 1190 g/mol. The van der Waals surface area contributed by atoms with Crippen LogP contribution in [-0.2, 0) is 25.6 Å². The number of alkyl carbamates (subject to hydrolysis) is 1. The van der Waals surface area contributed by atoms with Gasteiger partial charge in [-0.15, -0.1) is 6.42 Å². The molecule has 454 valence electrons. The highest BCUT2D eigenvalue weighted by Crippen LogP contribution is 2.42. The number of aliphatic imine (C=N–C) groups is 2. The Hall–Kier alpha value is -9.64. The molecular weight excluding hydrogens is 1130 g/mol. The summed E-state index contributed by atoms with van der Waals surface area (Å²) in [5, 5.41) is 42.3. The van der Waals surface area contributed by atoms with Crippen molar-refractivity contribution >= 4 is 58.8 Å². The maximum absolute atomic E-state index is 14.1. The van der Waals surface area contributed by atoms with Crippen molar-refractivity contribution in [2.75, 3.05) is 67.5 Å². The van der Waals surface area contributed by atoms with E-state index in [0.717, 1.165) is 28.0 Å². The number of aliphatic hydroxyl groups excluding tert-OH is 3. The fourth-order valence-electron chi connectivity index (χ4n) is 10.1. The third-order valence-electron chi connectivity index (χ3n) is 14.7. The number of hydrogen-bond acceptors (Lipinski definition) is 20. The summed E-state index contributed by atoms with van der Waals surface area (Å²) in [6.07, 6.45) is 4.47. The molecule has 0 radical (unpaired) electrons. The zero-order valence-corrected chi connectivity index (χ0v) is 47.6. The zero-order valence-electron chi connectivity index (χ0n) is 47.6. The lowest BCUT2D eigenvalue weighted by Gasteiger charge is -2.38. The smallest absolute Gasteiger partial charge is 0.407 e. The minimum Gasteiger partial charge on any atom is -0.497 e. The molecule has 0 bridgehead atoms. The minimum atomic E-state index is -1.89. The standard InChI is InChI=1S/C63H63N5O19/c1-5-18-82-50-26-45(86-62-57(71)55(69)56(70)58(87-62)61(74)75)16-11-38(50)35-85-63(76)64-17-21-80-22-23-81-44-14-9-37(10-15-44)40-25-42-32-66-49-30-54(52(79-4)28-47(49)60(73)68(42)34-40)84-20-6-19-83-53-29-48-46(27-51(53)78-3)59(72)67-33-39(24-41(67)31-65-48)36-7-12-43(77-2)13-8-36/h1,7-16,26-34,41-42,55-58,62,69-71H,6,17-25,35H2,2-4H3,(H,64,76)(H,74,75)/t41?,42?,55-,56-,57+,58-,62+/m0/s1. The maximum Gasteiger partial charge on any atom is 0.407 e. The molecule has 1 fully saturated rings. The Labute approximate surface area is 499 Å². The van der Waals surface area contributed by atoms with E-state index in [2.05, 4.69) is 11.2 Å². The molecule has 5 heterocycles. The molecule has 0 saturated carbocycles. The topological polar surface area (TPSA) is 294 Å². The zero-order chi connectivity index (χ0) is 61.1. The van der Waals surface area contributed by atoms with Crippen molar-refractivity contribution in [2.24, 2.45) is 9.98 Å². The highest BCUT2D eigenvalue weighted by Gasteiger charge is 2.48. The van der Waals surface area contributed by atoms with Gasteiger partial charge in [0.05, 0.1) is 82.3 Å². The highest BCUT2D eigenvalue weighted by molar-refractivity contribution is 6.06. The van der Waals surface area contributed by atoms with Crippen LogP contribution in [0, 0.1) is 12.3 Å². The number of terminal acetylenes is 1. The van der Waals surface area contributed by atoms with Crippen molar-refractivity contribution in [3.8, 4) is 58.3 Å². The summed E-state index contributed by atoms with van der Waals surface area (Å²) in [6.45, 7) is 0.835. The van der Waals surface area contributed by atoms with Gasteiger partial charge in [-0.05, 0) is 70.8 Å². The number of nitrogens with zero attached hydrogens (tertiary/aromatic N) is 4. The Kier molecular flexibility index (Phi) is 19.2. The fourth-order valence-corrected chi connectivity index (χ4v) is 10.1. The summed E-state index contributed by atoms with van der Waals surface area (Å²) in [7, 11) is 4.65. The van der Waals surface area contributed by atoms with Crippen LogP contribution in [0.5, 0.6) is 46.0 Å². The summed E-state index contributed by atoms with van der Waals surface area (Å²) >= 11 is 0. The van der Waals surface area contributed by atoms with Crippen molar-refractivity contribution in [1.29, 1.82) is 0 Å². The number of nitrogens with one attached hydrogen (secondary N) is 1. The minimum absolute atomic E-state index is 0.0301. The average Bonchev–Trinajstić information content (AvgIpc) is 3.04. The second kappa shape index (κ2) is 27.6. The molecule has 5 N–H and O–H groups in total. The molecule has 5 aromatic rings. The molecule has 1 saturated heterocycles. The highest BCUT2D eigenvalue weighted by atomic mass is 16.7. The van der Waals surface area contributed by atoms with Crippen LogP contribution >= 0.6 is 0 Å². The van der Waals surface area contributed by atoms with Gasteiger partial charge in [0.15, 0.2) is 29.1 Å². The summed E-state index contributed by atoms with van der Waals surface area (Å²) in [5.41, 5.74) is 5.97. The molecule has 87 heavy (non-hydrogen) atoms. The third kappa shape index (κ3) is 13.9. The van der Waals surface area contributed by atoms with Gasteiger partial charge in [-0.3, -0.25) is 19.6 Å². The largest absolute Gasteiger partial charge is 0.497 e. The number of fused-ring (bicyclic) bond motifs is 4. The molecule has 3 amide bonds. The number of carbonyl (C=O) groups excluding carboxylic acids is 3. The number of aliphatic carboxylic acids is 1. The van der Waals surface area contributed by atoms with Gasteiger partial charge >= 0.3 is 12.1 Å². The Morgan fingerprint density at radius 3 is 1.77 bits per heavy atom. The van der Waals surface area contributed by atoms with E-state index >= 15 is 0 Å². The molecule has 7 atom stereocenters. The van der Waals surface area contributed by atoms with E-state index in [1.807, 2.05) is 60.9 Å². The molecule has 5 aromatic carbocycles. The number of hydrogen-bond donors (Lipinski definition) is 5. The molecular formula is C63H63N5O19. The Balaban J connectivity index is 0.642. The number of amides is 3. The lowest BCUT2D eigenvalue weighted by atomic mass is 9.99. The summed E-state index contributed by atoms with van der Waals surface area (Å²) in [5.74, 6) is 3.51. The normalized spacial score (nSPS) is 20.7. The third-order valence-corrected chi connectivity index (χ3v) is 14.7. The van der Waals surface area contributed by atoms with Crippen LogP contribution in [0.15, 0.2) is 113 Å². The van der Waals surface area contributed by atoms with E-state index in [-0.39, 0.29) is 88.2 Å². The van der Waals surface area contributed by atoms with Crippen molar-refractivity contribution in [3.63, 3.8) is 0 Å². The van der Waals surface area contributed by atoms with Gasteiger partial charge in [-0.1, -0.05) is 30.2 Å². The number of carboxylic acids is 1. The van der Waals surface area contributed by atoms with E-state index in [9.17, 15) is 39.6 Å². The quantitative estimate of drug-likeness (QED) is 0.0325. The first-order valence-electron chi connectivity index (χ1n) is 27.7. The molecule has 2 unspecified atom stereocenters. The van der Waals surface area contributed by atoms with Crippen LogP contribution in [-0.4, -0.2) is 177 Å². The van der Waals surface area contributed by atoms with Gasteiger partial charge in [-0.2, -0.15) is 0 Å². The number of methoxy groups -OCH3 is 3. The van der Waals surface area contributed by atoms with Gasteiger partial charge in [0.2, 0.25) is 6.29 Å². The maximum atomic E-state index is 14.1. The van der Waals surface area contributed by atoms with Crippen LogP contribution in [0.2, 0.25) is 0 Å². The van der Waals surface area contributed by atoms with Crippen LogP contribution < -0.4 is 43.2 Å². The summed E-state index contributed by atoms with van der Waals surface area (Å²) in [4.78, 5) is 64.8. The second-order valence-electron chi connectivity index (χ2n) is 20.3. The van der Waals surface area contributed by atoms with Gasteiger partial charge in [-0.25, -0.2) is 9.59 Å². The summed E-state index contributed by atoms with van der Waals surface area (Å²) in [6, 6.07) is 25.7. The van der Waals surface area contributed by atoms with E-state index in [0.29, 0.717) is 76.1 Å². The van der Waals surface area contributed by atoms with E-state index in [1.54, 1.807) is 53.6 Å². The van der Waals surface area contributed by atoms with Gasteiger partial charge in [0.1, 0.15) is 61.1 Å². The average molecular weight is 1190 g/mol. The lowest BCUT2D eigenvalue weighted by Crippen LogP contribution is -2.61. The fraction of sp³-hybridized carbons (Fsp3) is 0.333. The molecule has 24 nitrogen and oxygen atoms in total. The van der Waals surface area contributed by atoms with Gasteiger partial charge < -0.3 is 87.6 Å². The lowest BCUT2D eigenvalue weighted by molar-refractivity contribution is -0.271. The molecule has 0 aromatic heterocycles. The van der Waals surface area contributed by atoms with Crippen molar-refractivity contribution in [3.05, 3.63) is 131 Å². The van der Waals surface area contributed by atoms with Crippen LogP contribution in [0.4, 0.5) is 16.2 Å². The molecule has 5 aliphatic rings. The number of ether oxygens (including phenoxy) is 11. The Bertz CT molecular complexity index is 3530. The molecule has 5 aliphatic heterocycles. The Morgan fingerprint density at radius 2 is 1.22 bits per heavy atom. The number of carbonyl (C=O) groups is 4. The number of carboxylic acid groups (broad SMARTS) is 1. The molecule has 0 spiro atoms. The first-order valence-corrected chi connectivity index (χ1v) is 27.7. The van der Waals surface area contributed by atoms with Crippen molar-refractivity contribution < 1.29 is 91.7 Å². The summed E-state index contributed by atoms with van der Waals surface area (Å²) < 4.78 is 62.1. The predicted molar refractivity (Wildman–Crippen MR) is 313 cm³/mol. The van der Waals surface area contributed by atoms with Crippen LogP contribution in [0.25, 0.3) is 11.1 Å². The van der Waals surface area contributed by atoms with E-state index in [1.165, 1.54) is 32.4 Å². The van der Waals surface area contributed by atoms with Gasteiger partial charge in [0.25, 0.3) is 11.8 Å². The number of aliphatic hydroxyl groups is 3. The SMILES string of the molecule is C#CCOc1cc(O[C@@H]2O[C@H](C(=O)O)[C@@H](O)[C@H](O)[C@H]2O)ccc1COC(=O)NCCOCCOc1ccc(C2=CN3C(=O)c4cc(OC)c(OCCCOc5cc6c(cc5OC)C(=O)N5C=C(c7ccc(OC)cc7)CC5C=N6)cc4N=CC3C2)cc1. The predicted octanol–water partition coefficient (Wildman–Crippen LogP) is 6.11. The van der Waals surface area contributed by atoms with Crippen LogP contribution in [0.1, 0.15) is 56.7 Å². The van der Waals surface area contributed by atoms with Crippen molar-refractivity contribution in [2.45, 2.75) is 68.7 Å². The molecule has 10 rings (SSSR count). The molecule has 0 aliphatic carbocycles. The first-order chi connectivity index (χ1) is 42.2. The van der Waals surface area contributed by atoms with Gasteiger partial charge in [0, 0.05) is 74.4 Å². The Morgan fingerprint density at radius 1 is 0.644 bits per heavy atom. The van der Waals surface area contributed by atoms with E-state index < -0.39 is 42.8 Å². The van der Waals surface area contributed by atoms with Crippen molar-refractivity contribution in [1.82, 2.24) is 15.1 Å². The first kappa shape index (κ1) is 60.5. The number of benzene rings is 5. The second-order valence-corrected chi connectivity index (χ2v) is 20.3. The molecule has 24 heteroatoms.